The van der Waals surface area contributed by atoms with Crippen LogP contribution in [0.15, 0.2) is 42.5 Å². The maximum absolute atomic E-state index is 13.4. The number of nitrogens with two attached hydrogens (primary N) is 1. The fourth-order valence-corrected chi connectivity index (χ4v) is 1.41. The van der Waals surface area contributed by atoms with Crippen molar-refractivity contribution in [2.75, 3.05) is 5.01 Å². The third-order valence-electron chi connectivity index (χ3n) is 2.27. The lowest BCUT2D eigenvalue weighted by atomic mass is 10.2. The van der Waals surface area contributed by atoms with Crippen molar-refractivity contribution in [1.29, 1.82) is 0 Å². The minimum Gasteiger partial charge on any atom is -0.277 e. The van der Waals surface area contributed by atoms with Crippen LogP contribution in [0.5, 0.6) is 0 Å². The van der Waals surface area contributed by atoms with Crippen molar-refractivity contribution in [2.24, 2.45) is 5.84 Å². The molecule has 17 heavy (non-hydrogen) atoms. The van der Waals surface area contributed by atoms with Gasteiger partial charge in [0.25, 0.3) is 0 Å². The molecule has 0 fully saturated rings. The summed E-state index contributed by atoms with van der Waals surface area (Å²) >= 11 is 0. The lowest BCUT2D eigenvalue weighted by molar-refractivity contribution is 0.599. The Hall–Kier alpha value is -2.01. The molecule has 0 unspecified atom stereocenters. The minimum absolute atomic E-state index is 0.114. The zero-order valence-electron chi connectivity index (χ0n) is 8.70. The quantitative estimate of drug-likeness (QED) is 0.643. The molecule has 0 aliphatic heterocycles. The van der Waals surface area contributed by atoms with Gasteiger partial charge in [-0.1, -0.05) is 0 Å². The van der Waals surface area contributed by atoms with E-state index in [-0.39, 0.29) is 5.69 Å². The second-order valence-corrected chi connectivity index (χ2v) is 3.44. The van der Waals surface area contributed by atoms with Crippen molar-refractivity contribution < 1.29 is 13.2 Å². The van der Waals surface area contributed by atoms with E-state index in [1.807, 2.05) is 0 Å². The largest absolute Gasteiger partial charge is 0.277 e. The maximum atomic E-state index is 13.4. The molecule has 5 heteroatoms. The van der Waals surface area contributed by atoms with Gasteiger partial charge in [0.05, 0.1) is 11.4 Å². The highest BCUT2D eigenvalue weighted by atomic mass is 19.1. The standard InChI is InChI=1S/C12H9F3N2/c13-8-1-4-10(5-2-8)17(16)12-7-9(14)3-6-11(12)15/h1-7H,16H2. The van der Waals surface area contributed by atoms with E-state index in [9.17, 15) is 13.2 Å². The molecular weight excluding hydrogens is 229 g/mol. The first kappa shape index (κ1) is 11.5. The predicted octanol–water partition coefficient (Wildman–Crippen LogP) is 3.12. The van der Waals surface area contributed by atoms with E-state index in [1.54, 1.807) is 0 Å². The van der Waals surface area contributed by atoms with Crippen LogP contribution in [-0.4, -0.2) is 0 Å². The fourth-order valence-electron chi connectivity index (χ4n) is 1.41. The molecule has 0 aromatic heterocycles. The fraction of sp³-hybridized carbons (Fsp3) is 0. The second kappa shape index (κ2) is 4.47. The Kier molecular flexibility index (Phi) is 3.01. The van der Waals surface area contributed by atoms with Crippen LogP contribution >= 0.6 is 0 Å². The van der Waals surface area contributed by atoms with Gasteiger partial charge >= 0.3 is 0 Å². The lowest BCUT2D eigenvalue weighted by Gasteiger charge is -2.19. The molecule has 0 saturated heterocycles. The van der Waals surface area contributed by atoms with Gasteiger partial charge in [0, 0.05) is 6.07 Å². The smallest absolute Gasteiger partial charge is 0.148 e. The first-order chi connectivity index (χ1) is 8.08. The molecule has 0 amide bonds. The third-order valence-corrected chi connectivity index (χ3v) is 2.27. The molecule has 2 rings (SSSR count). The average Bonchev–Trinajstić information content (AvgIpc) is 2.32. The Balaban J connectivity index is 2.39. The molecule has 0 aliphatic rings. The normalized spacial score (nSPS) is 10.4. The summed E-state index contributed by atoms with van der Waals surface area (Å²) in [6, 6.07) is 8.07. The molecule has 0 bridgehead atoms. The lowest BCUT2D eigenvalue weighted by Crippen LogP contribution is -2.26. The van der Waals surface area contributed by atoms with Crippen LogP contribution in [-0.2, 0) is 0 Å². The summed E-state index contributed by atoms with van der Waals surface area (Å²) in [5, 5.41) is 0.956. The molecule has 2 N–H and O–H groups in total. The number of halogens is 3. The number of hydrazine groups is 1. The van der Waals surface area contributed by atoms with Crippen molar-refractivity contribution in [2.45, 2.75) is 0 Å². The Labute approximate surface area is 96.1 Å². The molecule has 2 nitrogen and oxygen atoms in total. The first-order valence-electron chi connectivity index (χ1n) is 4.83. The van der Waals surface area contributed by atoms with Gasteiger partial charge in [-0.2, -0.15) is 0 Å². The molecule has 2 aromatic rings. The van der Waals surface area contributed by atoms with Gasteiger partial charge in [0.2, 0.25) is 0 Å². The molecule has 2 aromatic carbocycles. The van der Waals surface area contributed by atoms with E-state index >= 15 is 0 Å². The summed E-state index contributed by atoms with van der Waals surface area (Å²) in [5.74, 6) is 3.96. The predicted molar refractivity (Wildman–Crippen MR) is 59.1 cm³/mol. The monoisotopic (exact) mass is 238 g/mol. The molecule has 0 atom stereocenters. The Bertz CT molecular complexity index is 526. The van der Waals surface area contributed by atoms with Crippen LogP contribution in [0, 0.1) is 17.5 Å². The SMILES string of the molecule is NN(c1ccc(F)cc1)c1cc(F)ccc1F. The van der Waals surface area contributed by atoms with Gasteiger partial charge < -0.3 is 0 Å². The number of anilines is 2. The molecular formula is C12H9F3N2. The van der Waals surface area contributed by atoms with Gasteiger partial charge in [-0.25, -0.2) is 19.0 Å². The summed E-state index contributed by atoms with van der Waals surface area (Å²) in [4.78, 5) is 0. The minimum atomic E-state index is -0.654. The van der Waals surface area contributed by atoms with Crippen LogP contribution in [0.25, 0.3) is 0 Å². The van der Waals surface area contributed by atoms with Gasteiger partial charge in [-0.05, 0) is 36.4 Å². The Morgan fingerprint density at radius 2 is 1.41 bits per heavy atom. The number of hydrogen-bond acceptors (Lipinski definition) is 2. The van der Waals surface area contributed by atoms with Crippen LogP contribution < -0.4 is 10.9 Å². The zero-order valence-corrected chi connectivity index (χ0v) is 8.70. The summed E-state index contributed by atoms with van der Waals surface area (Å²) in [6.45, 7) is 0. The van der Waals surface area contributed by atoms with E-state index in [4.69, 9.17) is 5.84 Å². The van der Waals surface area contributed by atoms with Crippen LogP contribution in [0.1, 0.15) is 0 Å². The van der Waals surface area contributed by atoms with E-state index < -0.39 is 17.5 Å². The molecule has 0 saturated carbocycles. The van der Waals surface area contributed by atoms with E-state index in [0.717, 1.165) is 23.2 Å². The number of rotatable bonds is 2. The second-order valence-electron chi connectivity index (χ2n) is 3.44. The third kappa shape index (κ3) is 2.39. The summed E-state index contributed by atoms with van der Waals surface area (Å²) < 4.78 is 39.1. The Morgan fingerprint density at radius 1 is 0.824 bits per heavy atom. The van der Waals surface area contributed by atoms with Crippen molar-refractivity contribution in [3.8, 4) is 0 Å². The number of benzene rings is 2. The topological polar surface area (TPSA) is 29.3 Å². The van der Waals surface area contributed by atoms with Gasteiger partial charge in [0.1, 0.15) is 17.5 Å². The maximum Gasteiger partial charge on any atom is 0.148 e. The highest BCUT2D eigenvalue weighted by Gasteiger charge is 2.11. The van der Waals surface area contributed by atoms with Crippen molar-refractivity contribution >= 4 is 11.4 Å². The molecule has 88 valence electrons. The van der Waals surface area contributed by atoms with Crippen LogP contribution in [0.4, 0.5) is 24.5 Å². The van der Waals surface area contributed by atoms with E-state index in [1.165, 1.54) is 24.3 Å². The summed E-state index contributed by atoms with van der Waals surface area (Å²) in [6.07, 6.45) is 0. The number of nitrogens with zero attached hydrogens (tertiary/aromatic N) is 1. The van der Waals surface area contributed by atoms with Crippen molar-refractivity contribution in [1.82, 2.24) is 0 Å². The molecule has 0 spiro atoms. The van der Waals surface area contributed by atoms with Crippen LogP contribution in [0.2, 0.25) is 0 Å². The molecule has 0 radical (unpaired) electrons. The number of hydrogen-bond donors (Lipinski definition) is 1. The highest BCUT2D eigenvalue weighted by Crippen LogP contribution is 2.25. The summed E-state index contributed by atoms with van der Waals surface area (Å²) in [7, 11) is 0. The van der Waals surface area contributed by atoms with E-state index in [0.29, 0.717) is 5.69 Å². The highest BCUT2D eigenvalue weighted by molar-refractivity contribution is 5.61. The molecule has 0 heterocycles. The summed E-state index contributed by atoms with van der Waals surface area (Å²) in [5.41, 5.74) is 0.243. The average molecular weight is 238 g/mol. The van der Waals surface area contributed by atoms with Crippen LogP contribution in [0.3, 0.4) is 0 Å². The van der Waals surface area contributed by atoms with Gasteiger partial charge in [0.15, 0.2) is 0 Å². The van der Waals surface area contributed by atoms with Gasteiger partial charge in [-0.3, -0.25) is 5.01 Å². The van der Waals surface area contributed by atoms with Crippen molar-refractivity contribution in [3.05, 3.63) is 59.9 Å². The molecule has 0 aliphatic carbocycles. The van der Waals surface area contributed by atoms with Gasteiger partial charge in [-0.15, -0.1) is 0 Å². The van der Waals surface area contributed by atoms with E-state index in [2.05, 4.69) is 0 Å². The Morgan fingerprint density at radius 3 is 2.06 bits per heavy atom. The zero-order chi connectivity index (χ0) is 12.4. The van der Waals surface area contributed by atoms with Crippen molar-refractivity contribution in [3.63, 3.8) is 0 Å². The first-order valence-corrected chi connectivity index (χ1v) is 4.83.